The summed E-state index contributed by atoms with van der Waals surface area (Å²) in [6, 6.07) is 5.53. The third-order valence-electron chi connectivity index (χ3n) is 4.93. The minimum Gasteiger partial charge on any atom is -0.493 e. The second kappa shape index (κ2) is 10.5. The number of nitrogens with zero attached hydrogens (tertiary/aromatic N) is 2. The van der Waals surface area contributed by atoms with E-state index in [9.17, 15) is 4.79 Å². The van der Waals surface area contributed by atoms with Gasteiger partial charge in [0.05, 0.1) is 19.8 Å². The highest BCUT2D eigenvalue weighted by Gasteiger charge is 2.09. The van der Waals surface area contributed by atoms with Gasteiger partial charge in [0.25, 0.3) is 5.91 Å². The fourth-order valence-corrected chi connectivity index (χ4v) is 3.28. The molecule has 1 aliphatic carbocycles. The minimum atomic E-state index is -0.223. The highest BCUT2D eigenvalue weighted by atomic mass is 16.5. The standard InChI is InChI=1S/C22H28N4O3/c1-28-19-9-8-17(12-20(19)29-2)13-24-21(27)18-14-25-22(26-15-18)23-11-10-16-6-4-3-5-7-16/h6,8-9,12,14-15H,3-5,7,10-11,13H2,1-2H3,(H,24,27)(H,23,25,26). The van der Waals surface area contributed by atoms with Gasteiger partial charge in [-0.25, -0.2) is 9.97 Å². The molecule has 0 saturated heterocycles. The van der Waals surface area contributed by atoms with Crippen LogP contribution in [0, 0.1) is 0 Å². The van der Waals surface area contributed by atoms with Crippen LogP contribution in [-0.2, 0) is 6.54 Å². The van der Waals surface area contributed by atoms with Crippen molar-refractivity contribution < 1.29 is 14.3 Å². The predicted octanol–water partition coefficient (Wildman–Crippen LogP) is 3.73. The van der Waals surface area contributed by atoms with E-state index in [1.807, 2.05) is 18.2 Å². The highest BCUT2D eigenvalue weighted by Crippen LogP contribution is 2.27. The first-order chi connectivity index (χ1) is 14.2. The number of nitrogens with one attached hydrogen (secondary N) is 2. The summed E-state index contributed by atoms with van der Waals surface area (Å²) < 4.78 is 10.5. The van der Waals surface area contributed by atoms with Crippen molar-refractivity contribution in [2.75, 3.05) is 26.1 Å². The van der Waals surface area contributed by atoms with Crippen molar-refractivity contribution in [2.24, 2.45) is 0 Å². The second-order valence-electron chi connectivity index (χ2n) is 6.95. The molecule has 0 spiro atoms. The van der Waals surface area contributed by atoms with Crippen LogP contribution >= 0.6 is 0 Å². The number of carbonyl (C=O) groups is 1. The van der Waals surface area contributed by atoms with Gasteiger partial charge in [0.15, 0.2) is 11.5 Å². The molecule has 1 aromatic heterocycles. The lowest BCUT2D eigenvalue weighted by molar-refractivity contribution is 0.0950. The summed E-state index contributed by atoms with van der Waals surface area (Å²) in [5.41, 5.74) is 2.84. The molecule has 29 heavy (non-hydrogen) atoms. The number of carbonyl (C=O) groups excluding carboxylic acids is 1. The minimum absolute atomic E-state index is 0.223. The molecule has 0 fully saturated rings. The SMILES string of the molecule is COc1ccc(CNC(=O)c2cnc(NCCC3=CCCCC3)nc2)cc1OC. The van der Waals surface area contributed by atoms with Crippen molar-refractivity contribution >= 4 is 11.9 Å². The van der Waals surface area contributed by atoms with Gasteiger partial charge in [-0.05, 0) is 49.8 Å². The maximum absolute atomic E-state index is 12.4. The van der Waals surface area contributed by atoms with Crippen molar-refractivity contribution in [2.45, 2.75) is 38.6 Å². The van der Waals surface area contributed by atoms with Crippen molar-refractivity contribution in [1.82, 2.24) is 15.3 Å². The van der Waals surface area contributed by atoms with Crippen LogP contribution in [0.3, 0.4) is 0 Å². The summed E-state index contributed by atoms with van der Waals surface area (Å²) in [6.45, 7) is 1.17. The van der Waals surface area contributed by atoms with Gasteiger partial charge in [-0.3, -0.25) is 4.79 Å². The van der Waals surface area contributed by atoms with E-state index in [0.717, 1.165) is 18.5 Å². The monoisotopic (exact) mass is 396 g/mol. The molecule has 1 aromatic carbocycles. The Morgan fingerprint density at radius 2 is 1.90 bits per heavy atom. The molecule has 2 N–H and O–H groups in total. The molecule has 0 bridgehead atoms. The van der Waals surface area contributed by atoms with Crippen LogP contribution < -0.4 is 20.1 Å². The Balaban J connectivity index is 1.48. The first-order valence-corrected chi connectivity index (χ1v) is 9.92. The average molecular weight is 396 g/mol. The van der Waals surface area contributed by atoms with E-state index in [0.29, 0.717) is 29.6 Å². The van der Waals surface area contributed by atoms with Gasteiger partial charge in [0.2, 0.25) is 5.95 Å². The van der Waals surface area contributed by atoms with Crippen LogP contribution in [0.4, 0.5) is 5.95 Å². The Hall–Kier alpha value is -3.09. The summed E-state index contributed by atoms with van der Waals surface area (Å²) in [5.74, 6) is 1.59. The number of methoxy groups -OCH3 is 2. The Morgan fingerprint density at radius 1 is 1.10 bits per heavy atom. The van der Waals surface area contributed by atoms with Crippen LogP contribution in [0.15, 0.2) is 42.2 Å². The number of hydrogen-bond donors (Lipinski definition) is 2. The molecule has 0 unspecified atom stereocenters. The van der Waals surface area contributed by atoms with Crippen molar-refractivity contribution in [3.8, 4) is 11.5 Å². The van der Waals surface area contributed by atoms with Gasteiger partial charge in [-0.15, -0.1) is 0 Å². The molecular formula is C22H28N4O3. The molecular weight excluding hydrogens is 368 g/mol. The maximum Gasteiger partial charge on any atom is 0.254 e. The average Bonchev–Trinajstić information content (AvgIpc) is 2.78. The zero-order chi connectivity index (χ0) is 20.5. The molecule has 0 aliphatic heterocycles. The van der Waals surface area contributed by atoms with Crippen molar-refractivity contribution in [3.63, 3.8) is 0 Å². The molecule has 7 heteroatoms. The highest BCUT2D eigenvalue weighted by molar-refractivity contribution is 5.93. The lowest BCUT2D eigenvalue weighted by atomic mass is 9.97. The van der Waals surface area contributed by atoms with E-state index < -0.39 is 0 Å². The first-order valence-electron chi connectivity index (χ1n) is 9.92. The lowest BCUT2D eigenvalue weighted by Crippen LogP contribution is -2.23. The van der Waals surface area contributed by atoms with E-state index >= 15 is 0 Å². The van der Waals surface area contributed by atoms with Crippen LogP contribution in [0.25, 0.3) is 0 Å². The molecule has 3 rings (SSSR count). The zero-order valence-electron chi connectivity index (χ0n) is 17.0. The van der Waals surface area contributed by atoms with Crippen LogP contribution in [-0.4, -0.2) is 36.6 Å². The number of benzene rings is 1. The fourth-order valence-electron chi connectivity index (χ4n) is 3.28. The quantitative estimate of drug-likeness (QED) is 0.628. The Labute approximate surface area is 171 Å². The third kappa shape index (κ3) is 5.94. The van der Waals surface area contributed by atoms with Gasteiger partial charge >= 0.3 is 0 Å². The van der Waals surface area contributed by atoms with Gasteiger partial charge < -0.3 is 20.1 Å². The summed E-state index contributed by atoms with van der Waals surface area (Å²) >= 11 is 0. The molecule has 2 aromatic rings. The van der Waals surface area contributed by atoms with Crippen LogP contribution in [0.1, 0.15) is 48.0 Å². The Morgan fingerprint density at radius 3 is 2.59 bits per heavy atom. The van der Waals surface area contributed by atoms with Gasteiger partial charge in [-0.1, -0.05) is 17.7 Å². The molecule has 0 radical (unpaired) electrons. The molecule has 1 aliphatic rings. The normalized spacial score (nSPS) is 13.4. The fraction of sp³-hybridized carbons (Fsp3) is 0.409. The number of allylic oxidation sites excluding steroid dienone is 1. The van der Waals surface area contributed by atoms with Crippen molar-refractivity contribution in [1.29, 1.82) is 0 Å². The molecule has 1 amide bonds. The van der Waals surface area contributed by atoms with Gasteiger partial charge in [-0.2, -0.15) is 0 Å². The molecule has 0 atom stereocenters. The summed E-state index contributed by atoms with van der Waals surface area (Å²) in [4.78, 5) is 20.8. The molecule has 154 valence electrons. The summed E-state index contributed by atoms with van der Waals surface area (Å²) in [6.07, 6.45) is 11.4. The third-order valence-corrected chi connectivity index (χ3v) is 4.93. The molecule has 7 nitrogen and oxygen atoms in total. The van der Waals surface area contributed by atoms with E-state index in [-0.39, 0.29) is 5.91 Å². The van der Waals surface area contributed by atoms with E-state index in [2.05, 4.69) is 26.7 Å². The predicted molar refractivity (Wildman–Crippen MR) is 112 cm³/mol. The second-order valence-corrected chi connectivity index (χ2v) is 6.95. The van der Waals surface area contributed by atoms with Crippen LogP contribution in [0.2, 0.25) is 0 Å². The van der Waals surface area contributed by atoms with E-state index in [1.54, 1.807) is 26.6 Å². The Bertz CT molecular complexity index is 850. The number of ether oxygens (including phenoxy) is 2. The maximum atomic E-state index is 12.4. The number of amides is 1. The van der Waals surface area contributed by atoms with Crippen LogP contribution in [0.5, 0.6) is 11.5 Å². The molecule has 0 saturated carbocycles. The topological polar surface area (TPSA) is 85.4 Å². The van der Waals surface area contributed by atoms with E-state index in [1.165, 1.54) is 31.3 Å². The first kappa shape index (κ1) is 20.6. The number of aromatic nitrogens is 2. The summed E-state index contributed by atoms with van der Waals surface area (Å²) in [7, 11) is 3.17. The van der Waals surface area contributed by atoms with Gasteiger partial charge in [0.1, 0.15) is 0 Å². The zero-order valence-corrected chi connectivity index (χ0v) is 17.0. The number of rotatable bonds is 9. The lowest BCUT2D eigenvalue weighted by Gasteiger charge is -2.13. The smallest absolute Gasteiger partial charge is 0.254 e. The number of hydrogen-bond acceptors (Lipinski definition) is 6. The number of anilines is 1. The van der Waals surface area contributed by atoms with Gasteiger partial charge in [0, 0.05) is 25.5 Å². The van der Waals surface area contributed by atoms with E-state index in [4.69, 9.17) is 9.47 Å². The Kier molecular flexibility index (Phi) is 7.44. The van der Waals surface area contributed by atoms with Crippen molar-refractivity contribution in [3.05, 3.63) is 53.4 Å². The largest absolute Gasteiger partial charge is 0.493 e. The molecule has 1 heterocycles. The summed E-state index contributed by atoms with van der Waals surface area (Å²) in [5, 5.41) is 6.09.